The zero-order valence-corrected chi connectivity index (χ0v) is 12.0. The number of carbonyl (C=O) groups is 1. The standard InChI is InChI=1S/C15H20N4O/c1-3-19(4-2)14(20)15(17-18-16,13-10-11-13)12-8-6-5-7-9-12/h5-9,13H,3-4,10-11H2,1-2H3. The van der Waals surface area contributed by atoms with Crippen molar-refractivity contribution in [2.45, 2.75) is 32.2 Å². The van der Waals surface area contributed by atoms with Crippen molar-refractivity contribution in [3.63, 3.8) is 0 Å². The number of amides is 1. The van der Waals surface area contributed by atoms with E-state index >= 15 is 0 Å². The number of rotatable bonds is 6. The summed E-state index contributed by atoms with van der Waals surface area (Å²) in [7, 11) is 0. The second-order valence-electron chi connectivity index (χ2n) is 5.07. The fourth-order valence-corrected chi connectivity index (χ4v) is 2.73. The normalized spacial score (nSPS) is 16.9. The minimum Gasteiger partial charge on any atom is -0.342 e. The van der Waals surface area contributed by atoms with E-state index in [1.54, 1.807) is 4.90 Å². The Labute approximate surface area is 119 Å². The summed E-state index contributed by atoms with van der Waals surface area (Å²) >= 11 is 0. The van der Waals surface area contributed by atoms with Crippen LogP contribution in [0.1, 0.15) is 32.3 Å². The summed E-state index contributed by atoms with van der Waals surface area (Å²) in [5, 5.41) is 3.99. The summed E-state index contributed by atoms with van der Waals surface area (Å²) in [5.74, 6) is 0.0444. The molecular formula is C15H20N4O. The average molecular weight is 272 g/mol. The lowest BCUT2D eigenvalue weighted by molar-refractivity contribution is -0.137. The van der Waals surface area contributed by atoms with Crippen molar-refractivity contribution in [1.82, 2.24) is 4.90 Å². The van der Waals surface area contributed by atoms with E-state index < -0.39 is 5.54 Å². The van der Waals surface area contributed by atoms with Crippen LogP contribution in [-0.4, -0.2) is 23.9 Å². The van der Waals surface area contributed by atoms with Gasteiger partial charge in [0.15, 0.2) is 5.54 Å². The molecule has 0 radical (unpaired) electrons. The molecule has 1 fully saturated rings. The summed E-state index contributed by atoms with van der Waals surface area (Å²) in [6, 6.07) is 9.44. The van der Waals surface area contributed by atoms with Crippen LogP contribution in [0.5, 0.6) is 0 Å². The van der Waals surface area contributed by atoms with Gasteiger partial charge >= 0.3 is 0 Å². The number of hydrogen-bond acceptors (Lipinski definition) is 2. The quantitative estimate of drug-likeness (QED) is 0.444. The number of azide groups is 1. The fraction of sp³-hybridized carbons (Fsp3) is 0.533. The Kier molecular flexibility index (Phi) is 4.30. The molecule has 106 valence electrons. The van der Waals surface area contributed by atoms with Crippen LogP contribution < -0.4 is 0 Å². The SMILES string of the molecule is CCN(CC)C(=O)C(N=[N+]=[N-])(c1ccccc1)C1CC1. The molecule has 1 aromatic carbocycles. The zero-order chi connectivity index (χ0) is 14.6. The van der Waals surface area contributed by atoms with Gasteiger partial charge in [-0.1, -0.05) is 35.4 Å². The second-order valence-corrected chi connectivity index (χ2v) is 5.07. The molecule has 1 unspecified atom stereocenters. The molecule has 5 nitrogen and oxygen atoms in total. The molecule has 1 atom stereocenters. The van der Waals surface area contributed by atoms with Gasteiger partial charge in [0.2, 0.25) is 5.91 Å². The molecule has 1 aliphatic rings. The van der Waals surface area contributed by atoms with Gasteiger partial charge in [0.1, 0.15) is 0 Å². The maximum atomic E-state index is 13.0. The predicted molar refractivity (Wildman–Crippen MR) is 77.9 cm³/mol. The minimum absolute atomic E-state index is 0.0750. The van der Waals surface area contributed by atoms with Crippen LogP contribution in [0.3, 0.4) is 0 Å². The molecule has 0 heterocycles. The lowest BCUT2D eigenvalue weighted by atomic mass is 9.84. The van der Waals surface area contributed by atoms with Crippen LogP contribution in [0.4, 0.5) is 0 Å². The molecule has 1 aliphatic carbocycles. The van der Waals surface area contributed by atoms with Crippen molar-refractivity contribution in [1.29, 1.82) is 0 Å². The van der Waals surface area contributed by atoms with Crippen molar-refractivity contribution < 1.29 is 4.79 Å². The van der Waals surface area contributed by atoms with Crippen LogP contribution >= 0.6 is 0 Å². The Balaban J connectivity index is 2.54. The summed E-state index contributed by atoms with van der Waals surface area (Å²) in [5.41, 5.74) is 8.74. The van der Waals surface area contributed by atoms with Crippen molar-refractivity contribution in [3.05, 3.63) is 46.3 Å². The number of carbonyl (C=O) groups excluding carboxylic acids is 1. The molecule has 0 N–H and O–H groups in total. The highest BCUT2D eigenvalue weighted by Crippen LogP contribution is 2.49. The van der Waals surface area contributed by atoms with Gasteiger partial charge in [-0.25, -0.2) is 0 Å². The Morgan fingerprint density at radius 3 is 2.40 bits per heavy atom. The van der Waals surface area contributed by atoms with Crippen LogP contribution in [-0.2, 0) is 10.3 Å². The van der Waals surface area contributed by atoms with E-state index in [0.29, 0.717) is 13.1 Å². The third-order valence-electron chi connectivity index (χ3n) is 3.96. The molecule has 1 amide bonds. The van der Waals surface area contributed by atoms with E-state index in [4.69, 9.17) is 5.53 Å². The first-order chi connectivity index (χ1) is 9.70. The highest BCUT2D eigenvalue weighted by Gasteiger charge is 2.53. The Bertz CT molecular complexity index is 516. The molecule has 0 spiro atoms. The van der Waals surface area contributed by atoms with E-state index in [-0.39, 0.29) is 11.8 Å². The largest absolute Gasteiger partial charge is 0.342 e. The smallest absolute Gasteiger partial charge is 0.239 e. The highest BCUT2D eigenvalue weighted by atomic mass is 16.2. The van der Waals surface area contributed by atoms with Crippen LogP contribution in [0.15, 0.2) is 35.4 Å². The molecule has 0 bridgehead atoms. The minimum atomic E-state index is -1.07. The number of nitrogens with zero attached hydrogens (tertiary/aromatic N) is 4. The molecule has 0 saturated heterocycles. The van der Waals surface area contributed by atoms with Gasteiger partial charge < -0.3 is 4.90 Å². The van der Waals surface area contributed by atoms with Crippen molar-refractivity contribution in [2.75, 3.05) is 13.1 Å². The van der Waals surface area contributed by atoms with E-state index in [2.05, 4.69) is 10.0 Å². The third kappa shape index (κ3) is 2.37. The average Bonchev–Trinajstić information content (AvgIpc) is 3.32. The van der Waals surface area contributed by atoms with Gasteiger partial charge in [0.25, 0.3) is 0 Å². The monoisotopic (exact) mass is 272 g/mol. The van der Waals surface area contributed by atoms with Gasteiger partial charge in [-0.3, -0.25) is 4.79 Å². The maximum Gasteiger partial charge on any atom is 0.239 e. The van der Waals surface area contributed by atoms with E-state index in [0.717, 1.165) is 18.4 Å². The fourth-order valence-electron chi connectivity index (χ4n) is 2.73. The van der Waals surface area contributed by atoms with Crippen LogP contribution in [0, 0.1) is 5.92 Å². The predicted octanol–water partition coefficient (Wildman–Crippen LogP) is 3.47. The summed E-state index contributed by atoms with van der Waals surface area (Å²) in [6.45, 7) is 5.13. The van der Waals surface area contributed by atoms with Crippen molar-refractivity contribution in [2.24, 2.45) is 11.0 Å². The molecule has 2 rings (SSSR count). The highest BCUT2D eigenvalue weighted by molar-refractivity contribution is 5.89. The van der Waals surface area contributed by atoms with Gasteiger partial charge in [0.05, 0.1) is 0 Å². The van der Waals surface area contributed by atoms with E-state index in [9.17, 15) is 4.79 Å². The van der Waals surface area contributed by atoms with E-state index in [1.165, 1.54) is 0 Å². The summed E-state index contributed by atoms with van der Waals surface area (Å²) in [6.07, 6.45) is 1.86. The van der Waals surface area contributed by atoms with Crippen molar-refractivity contribution in [3.8, 4) is 0 Å². The second kappa shape index (κ2) is 5.97. The van der Waals surface area contributed by atoms with Gasteiger partial charge in [0, 0.05) is 18.0 Å². The number of benzene rings is 1. The third-order valence-corrected chi connectivity index (χ3v) is 3.96. The molecule has 20 heavy (non-hydrogen) atoms. The van der Waals surface area contributed by atoms with Gasteiger partial charge in [-0.2, -0.15) is 0 Å². The van der Waals surface area contributed by atoms with Gasteiger partial charge in [-0.15, -0.1) is 0 Å². The summed E-state index contributed by atoms with van der Waals surface area (Å²) < 4.78 is 0. The first-order valence-electron chi connectivity index (χ1n) is 7.11. The molecule has 0 aromatic heterocycles. The number of likely N-dealkylation sites (N-methyl/N-ethyl adjacent to an activating group) is 1. The molecule has 1 saturated carbocycles. The first-order valence-corrected chi connectivity index (χ1v) is 7.11. The van der Waals surface area contributed by atoms with Crippen molar-refractivity contribution >= 4 is 5.91 Å². The Morgan fingerprint density at radius 1 is 1.35 bits per heavy atom. The first kappa shape index (κ1) is 14.4. The lowest BCUT2D eigenvalue weighted by Gasteiger charge is -2.33. The summed E-state index contributed by atoms with van der Waals surface area (Å²) in [4.78, 5) is 17.7. The number of hydrogen-bond donors (Lipinski definition) is 0. The molecule has 5 heteroatoms. The van der Waals surface area contributed by atoms with Gasteiger partial charge in [-0.05, 0) is 43.7 Å². The molecule has 1 aromatic rings. The van der Waals surface area contributed by atoms with E-state index in [1.807, 2.05) is 44.2 Å². The lowest BCUT2D eigenvalue weighted by Crippen LogP contribution is -2.47. The Hall–Kier alpha value is -2.00. The Morgan fingerprint density at radius 2 is 1.95 bits per heavy atom. The topological polar surface area (TPSA) is 69.1 Å². The molecule has 0 aliphatic heterocycles. The van der Waals surface area contributed by atoms with Crippen LogP contribution in [0.25, 0.3) is 10.4 Å². The van der Waals surface area contributed by atoms with Crippen LogP contribution in [0.2, 0.25) is 0 Å². The maximum absolute atomic E-state index is 13.0. The zero-order valence-electron chi connectivity index (χ0n) is 12.0. The molecular weight excluding hydrogens is 252 g/mol.